The van der Waals surface area contributed by atoms with Gasteiger partial charge in [-0.2, -0.15) is 0 Å². The van der Waals surface area contributed by atoms with Crippen LogP contribution in [-0.4, -0.2) is 37.5 Å². The predicted molar refractivity (Wildman–Crippen MR) is 91.2 cm³/mol. The molecule has 126 valence electrons. The lowest BCUT2D eigenvalue weighted by atomic mass is 9.83. The average Bonchev–Trinajstić information content (AvgIpc) is 2.55. The highest BCUT2D eigenvalue weighted by molar-refractivity contribution is 6.32. The van der Waals surface area contributed by atoms with Crippen LogP contribution in [0.1, 0.15) is 32.3 Å². The van der Waals surface area contributed by atoms with Gasteiger partial charge < -0.3 is 19.5 Å². The van der Waals surface area contributed by atoms with Crippen LogP contribution in [0.2, 0.25) is 5.02 Å². The Hall–Kier alpha value is -1.23. The number of hydrogen-bond acceptors (Lipinski definition) is 3. The van der Waals surface area contributed by atoms with Crippen LogP contribution in [0.25, 0.3) is 6.08 Å². The van der Waals surface area contributed by atoms with Crippen molar-refractivity contribution in [2.45, 2.75) is 32.8 Å². The first-order chi connectivity index (χ1) is 11.1. The monoisotopic (exact) mass is 338 g/mol. The molecule has 0 spiro atoms. The van der Waals surface area contributed by atoms with E-state index in [0.29, 0.717) is 35.7 Å². The van der Waals surface area contributed by atoms with Crippen molar-refractivity contribution in [1.29, 1.82) is 0 Å². The minimum Gasteiger partial charge on any atom is -0.490 e. The number of nitrogens with one attached hydrogen (secondary N) is 1. The van der Waals surface area contributed by atoms with Gasteiger partial charge in [-0.3, -0.25) is 0 Å². The highest BCUT2D eigenvalue weighted by atomic mass is 35.5. The zero-order chi connectivity index (χ0) is 16.4. The van der Waals surface area contributed by atoms with E-state index in [2.05, 4.69) is 6.08 Å². The smallest absolute Gasteiger partial charge is 0.179 e. The van der Waals surface area contributed by atoms with Crippen molar-refractivity contribution in [3.05, 3.63) is 28.4 Å². The maximum absolute atomic E-state index is 10.5. The minimum atomic E-state index is -0.339. The van der Waals surface area contributed by atoms with Gasteiger partial charge in [-0.05, 0) is 31.5 Å². The molecule has 0 aromatic heterocycles. The van der Waals surface area contributed by atoms with Crippen LogP contribution in [0.15, 0.2) is 17.8 Å². The molecule has 3 heterocycles. The van der Waals surface area contributed by atoms with E-state index in [1.54, 1.807) is 0 Å². The summed E-state index contributed by atoms with van der Waals surface area (Å²) < 4.78 is 11.3. The number of piperidine rings is 3. The van der Waals surface area contributed by atoms with E-state index in [1.807, 2.05) is 26.0 Å². The number of rotatable bonds is 5. The van der Waals surface area contributed by atoms with Gasteiger partial charge in [0.1, 0.15) is 11.8 Å². The third kappa shape index (κ3) is 3.35. The second kappa shape index (κ2) is 7.12. The Labute approximate surface area is 142 Å². The van der Waals surface area contributed by atoms with Crippen molar-refractivity contribution in [3.63, 3.8) is 0 Å². The van der Waals surface area contributed by atoms with E-state index in [1.165, 1.54) is 4.90 Å². The molecule has 23 heavy (non-hydrogen) atoms. The fourth-order valence-corrected chi connectivity index (χ4v) is 3.92. The molecule has 0 aliphatic carbocycles. The van der Waals surface area contributed by atoms with E-state index < -0.39 is 0 Å². The van der Waals surface area contributed by atoms with Crippen LogP contribution < -0.4 is 14.4 Å². The number of quaternary nitrogens is 1. The van der Waals surface area contributed by atoms with E-state index in [9.17, 15) is 5.11 Å². The number of hydrogen-bond donors (Lipinski definition) is 2. The average molecular weight is 339 g/mol. The predicted octanol–water partition coefficient (Wildman–Crippen LogP) is 2.15. The molecule has 3 saturated heterocycles. The topological polar surface area (TPSA) is 43.1 Å². The van der Waals surface area contributed by atoms with Gasteiger partial charge in [-0.1, -0.05) is 11.6 Å². The van der Waals surface area contributed by atoms with Gasteiger partial charge in [0.25, 0.3) is 0 Å². The number of fused-ring (bicyclic) bond motifs is 3. The molecule has 3 fully saturated rings. The van der Waals surface area contributed by atoms with Gasteiger partial charge >= 0.3 is 0 Å². The summed E-state index contributed by atoms with van der Waals surface area (Å²) in [5.41, 5.74) is 2.03. The molecule has 4 nitrogen and oxygen atoms in total. The van der Waals surface area contributed by atoms with Crippen LogP contribution in [0, 0.1) is 5.92 Å². The van der Waals surface area contributed by atoms with Crippen LogP contribution in [0.5, 0.6) is 11.5 Å². The van der Waals surface area contributed by atoms with Crippen molar-refractivity contribution in [2.24, 2.45) is 5.92 Å². The largest absolute Gasteiger partial charge is 0.490 e. The Kier molecular flexibility index (Phi) is 5.14. The summed E-state index contributed by atoms with van der Waals surface area (Å²) in [4.78, 5) is 1.39. The molecule has 3 aliphatic heterocycles. The molecule has 1 atom stereocenters. The van der Waals surface area contributed by atoms with Gasteiger partial charge in [0, 0.05) is 24.8 Å². The molecule has 0 radical (unpaired) electrons. The highest BCUT2D eigenvalue weighted by Gasteiger charge is 2.41. The fraction of sp³-hybridized carbons (Fsp3) is 0.556. The Balaban J connectivity index is 1.95. The van der Waals surface area contributed by atoms with Gasteiger partial charge in [0.05, 0.1) is 31.3 Å². The second-order valence-electron chi connectivity index (χ2n) is 6.18. The number of aliphatic hydroxyl groups excluding tert-OH is 1. The zero-order valence-corrected chi connectivity index (χ0v) is 14.5. The Bertz CT molecular complexity index is 590. The fourth-order valence-electron chi connectivity index (χ4n) is 3.64. The lowest BCUT2D eigenvalue weighted by molar-refractivity contribution is -0.880. The normalized spacial score (nSPS) is 28.2. The third-order valence-corrected chi connectivity index (χ3v) is 5.03. The van der Waals surface area contributed by atoms with Crippen LogP contribution in [0.4, 0.5) is 0 Å². The summed E-state index contributed by atoms with van der Waals surface area (Å²) in [6.45, 7) is 7.17. The third-order valence-electron chi connectivity index (χ3n) is 4.75. The molecule has 5 heteroatoms. The van der Waals surface area contributed by atoms with Gasteiger partial charge in [-0.25, -0.2) is 0 Å². The SMILES string of the molecule is CCOc1cc(/C=C2\[C@H](O)C3CC[NH+]2CC3)cc(Cl)c1OCC. The number of ether oxygens (including phenoxy) is 2. The molecule has 3 aliphatic rings. The summed E-state index contributed by atoms with van der Waals surface area (Å²) in [5.74, 6) is 1.66. The van der Waals surface area contributed by atoms with Crippen LogP contribution >= 0.6 is 11.6 Å². The molecule has 0 saturated carbocycles. The summed E-state index contributed by atoms with van der Waals surface area (Å²) in [6, 6.07) is 3.83. The summed E-state index contributed by atoms with van der Waals surface area (Å²) in [7, 11) is 0. The second-order valence-corrected chi connectivity index (χ2v) is 6.59. The number of benzene rings is 1. The Morgan fingerprint density at radius 3 is 2.52 bits per heavy atom. The summed E-state index contributed by atoms with van der Waals surface area (Å²) >= 11 is 6.38. The lowest BCUT2D eigenvalue weighted by Gasteiger charge is -2.41. The van der Waals surface area contributed by atoms with Crippen molar-refractivity contribution in [1.82, 2.24) is 0 Å². The zero-order valence-electron chi connectivity index (χ0n) is 13.8. The van der Waals surface area contributed by atoms with Crippen molar-refractivity contribution in [3.8, 4) is 11.5 Å². The Morgan fingerprint density at radius 2 is 1.91 bits per heavy atom. The molecule has 1 aromatic carbocycles. The molecule has 1 aromatic rings. The van der Waals surface area contributed by atoms with Crippen LogP contribution in [0.3, 0.4) is 0 Å². The van der Waals surface area contributed by atoms with E-state index in [0.717, 1.165) is 37.2 Å². The summed E-state index contributed by atoms with van der Waals surface area (Å²) in [6.07, 6.45) is 3.95. The molecular weight excluding hydrogens is 314 g/mol. The van der Waals surface area contributed by atoms with Gasteiger partial charge in [0.2, 0.25) is 0 Å². The minimum absolute atomic E-state index is 0.339. The van der Waals surface area contributed by atoms with Gasteiger partial charge in [0.15, 0.2) is 11.5 Å². The summed E-state index contributed by atoms with van der Waals surface area (Å²) in [5, 5.41) is 11.1. The first kappa shape index (κ1) is 16.6. The van der Waals surface area contributed by atoms with Crippen LogP contribution in [-0.2, 0) is 0 Å². The molecule has 2 N–H and O–H groups in total. The van der Waals surface area contributed by atoms with Gasteiger partial charge in [-0.15, -0.1) is 0 Å². The first-order valence-corrected chi connectivity index (χ1v) is 8.85. The molecule has 0 amide bonds. The standard InChI is InChI=1S/C18H24ClNO3/c1-3-22-16-11-12(9-14(19)18(16)23-4-2)10-15-17(21)13-5-7-20(15)8-6-13/h9-11,13,17,21H,3-8H2,1-2H3/p+1/b15-10+/t17-/m1/s1. The van der Waals surface area contributed by atoms with Crippen molar-refractivity contribution >= 4 is 17.7 Å². The highest BCUT2D eigenvalue weighted by Crippen LogP contribution is 2.37. The quantitative estimate of drug-likeness (QED) is 0.864. The maximum Gasteiger partial charge on any atom is 0.179 e. The van der Waals surface area contributed by atoms with E-state index in [4.69, 9.17) is 21.1 Å². The molecule has 2 bridgehead atoms. The Morgan fingerprint density at radius 1 is 1.22 bits per heavy atom. The van der Waals surface area contributed by atoms with E-state index >= 15 is 0 Å². The van der Waals surface area contributed by atoms with Crippen molar-refractivity contribution in [2.75, 3.05) is 26.3 Å². The maximum atomic E-state index is 10.5. The molecule has 0 unspecified atom stereocenters. The molecule has 4 rings (SSSR count). The van der Waals surface area contributed by atoms with Crippen molar-refractivity contribution < 1.29 is 19.5 Å². The number of halogens is 1. The lowest BCUT2D eigenvalue weighted by Crippen LogP contribution is -3.14. The first-order valence-electron chi connectivity index (χ1n) is 8.47. The van der Waals surface area contributed by atoms with E-state index in [-0.39, 0.29) is 6.10 Å². The molecular formula is C18H25ClNO3+. The number of aliphatic hydroxyl groups is 1.